The highest BCUT2D eigenvalue weighted by Crippen LogP contribution is 2.33. The highest BCUT2D eigenvalue weighted by molar-refractivity contribution is 6.05. The van der Waals surface area contributed by atoms with Crippen LogP contribution in [-0.4, -0.2) is 44.0 Å². The minimum Gasteiger partial charge on any atom is -0.497 e. The van der Waals surface area contributed by atoms with Gasteiger partial charge >= 0.3 is 0 Å². The van der Waals surface area contributed by atoms with Crippen LogP contribution in [0, 0.1) is 0 Å². The van der Waals surface area contributed by atoms with Gasteiger partial charge < -0.3 is 19.4 Å². The molecule has 2 amide bonds. The average Bonchev–Trinajstić information content (AvgIpc) is 3.54. The third kappa shape index (κ3) is 5.26. The molecule has 172 valence electrons. The van der Waals surface area contributed by atoms with Crippen molar-refractivity contribution in [3.8, 4) is 5.75 Å². The van der Waals surface area contributed by atoms with E-state index in [4.69, 9.17) is 9.15 Å². The number of rotatable bonds is 8. The zero-order valence-electron chi connectivity index (χ0n) is 19.0. The quantitative estimate of drug-likeness (QED) is 0.565. The Hall–Kier alpha value is -3.58. The van der Waals surface area contributed by atoms with Gasteiger partial charge in [-0.3, -0.25) is 14.5 Å². The van der Waals surface area contributed by atoms with Gasteiger partial charge in [0.15, 0.2) is 0 Å². The summed E-state index contributed by atoms with van der Waals surface area (Å²) < 4.78 is 10.5. The summed E-state index contributed by atoms with van der Waals surface area (Å²) in [6.45, 7) is 1.44. The molecule has 2 heterocycles. The molecule has 0 aliphatic carbocycles. The van der Waals surface area contributed by atoms with Gasteiger partial charge in [0.2, 0.25) is 5.91 Å². The van der Waals surface area contributed by atoms with Gasteiger partial charge in [-0.05, 0) is 61.3 Å². The zero-order valence-corrected chi connectivity index (χ0v) is 19.0. The van der Waals surface area contributed by atoms with Crippen molar-refractivity contribution in [1.29, 1.82) is 0 Å². The van der Waals surface area contributed by atoms with Crippen LogP contribution in [0.15, 0.2) is 71.3 Å². The van der Waals surface area contributed by atoms with Gasteiger partial charge in [0.05, 0.1) is 37.7 Å². The smallest absolute Gasteiger partial charge is 0.253 e. The van der Waals surface area contributed by atoms with E-state index < -0.39 is 0 Å². The molecule has 1 aliphatic rings. The van der Waals surface area contributed by atoms with Crippen molar-refractivity contribution in [2.45, 2.75) is 25.4 Å². The molecule has 2 aromatic carbocycles. The van der Waals surface area contributed by atoms with E-state index in [-0.39, 0.29) is 30.9 Å². The first-order valence-corrected chi connectivity index (χ1v) is 11.1. The lowest BCUT2D eigenvalue weighted by atomic mass is 10.0. The first-order valence-electron chi connectivity index (χ1n) is 11.1. The summed E-state index contributed by atoms with van der Waals surface area (Å²) in [5.74, 6) is 1.19. The van der Waals surface area contributed by atoms with E-state index in [9.17, 15) is 9.59 Å². The molecule has 7 heteroatoms. The van der Waals surface area contributed by atoms with Crippen LogP contribution in [0.5, 0.6) is 5.75 Å². The second-order valence-electron chi connectivity index (χ2n) is 8.13. The Kier molecular flexibility index (Phi) is 7.10. The number of nitrogens with one attached hydrogen (secondary N) is 1. The molecule has 0 bridgehead atoms. The summed E-state index contributed by atoms with van der Waals surface area (Å²) >= 11 is 0. The minimum absolute atomic E-state index is 0.0540. The fourth-order valence-electron chi connectivity index (χ4n) is 4.27. The Morgan fingerprint density at radius 2 is 1.91 bits per heavy atom. The monoisotopic (exact) mass is 447 g/mol. The molecule has 0 spiro atoms. The van der Waals surface area contributed by atoms with Crippen molar-refractivity contribution < 1.29 is 18.7 Å². The number of carbonyl (C=O) groups excluding carboxylic acids is 2. The predicted molar refractivity (Wildman–Crippen MR) is 126 cm³/mol. The fraction of sp³-hybridized carbons (Fsp3) is 0.308. The third-order valence-electron chi connectivity index (χ3n) is 6.09. The number of amides is 2. The molecule has 0 radical (unpaired) electrons. The summed E-state index contributed by atoms with van der Waals surface area (Å²) in [5, 5.41) is 2.86. The number of ether oxygens (including phenoxy) is 1. The number of anilines is 1. The maximum atomic E-state index is 13.2. The number of nitrogens with zero attached hydrogens (tertiary/aromatic N) is 2. The molecule has 7 nitrogen and oxygen atoms in total. The molecule has 1 aromatic heterocycles. The summed E-state index contributed by atoms with van der Waals surface area (Å²) in [5.41, 5.74) is 2.22. The Bertz CT molecular complexity index is 1080. The summed E-state index contributed by atoms with van der Waals surface area (Å²) in [6.07, 6.45) is 3.62. The Labute approximate surface area is 193 Å². The highest BCUT2D eigenvalue weighted by atomic mass is 16.5. The van der Waals surface area contributed by atoms with E-state index in [0.29, 0.717) is 17.0 Å². The van der Waals surface area contributed by atoms with Crippen LogP contribution >= 0.6 is 0 Å². The summed E-state index contributed by atoms with van der Waals surface area (Å²) in [6, 6.07) is 19.0. The van der Waals surface area contributed by atoms with E-state index in [1.807, 2.05) is 18.2 Å². The van der Waals surface area contributed by atoms with E-state index >= 15 is 0 Å². The standard InChI is InChI=1S/C26H29N3O4/c1-28(24-9-4-3-8-22(24)26(31)27-17-21-7-6-16-33-21)25(30)18-29-15-5-10-23(29)19-11-13-20(32-2)14-12-19/h3-4,6-9,11-14,16,23H,5,10,15,17-18H2,1-2H3,(H,27,31). The Balaban J connectivity index is 1.43. The Morgan fingerprint density at radius 1 is 1.12 bits per heavy atom. The van der Waals surface area contributed by atoms with Crippen LogP contribution in [0.1, 0.15) is 40.6 Å². The zero-order chi connectivity index (χ0) is 23.2. The van der Waals surface area contributed by atoms with E-state index in [1.165, 1.54) is 5.56 Å². The minimum atomic E-state index is -0.251. The van der Waals surface area contributed by atoms with Crippen molar-refractivity contribution in [1.82, 2.24) is 10.2 Å². The molecule has 1 aliphatic heterocycles. The molecule has 1 atom stereocenters. The second kappa shape index (κ2) is 10.4. The molecule has 0 saturated carbocycles. The van der Waals surface area contributed by atoms with Gasteiger partial charge in [-0.1, -0.05) is 24.3 Å². The molecule has 33 heavy (non-hydrogen) atoms. The van der Waals surface area contributed by atoms with E-state index in [2.05, 4.69) is 22.3 Å². The van der Waals surface area contributed by atoms with Crippen molar-refractivity contribution in [2.75, 3.05) is 32.1 Å². The van der Waals surface area contributed by atoms with Crippen molar-refractivity contribution in [3.05, 3.63) is 83.8 Å². The van der Waals surface area contributed by atoms with Gasteiger partial charge in [-0.2, -0.15) is 0 Å². The molecular formula is C26H29N3O4. The lowest BCUT2D eigenvalue weighted by Gasteiger charge is -2.27. The number of furan rings is 1. The number of carbonyl (C=O) groups is 2. The fourth-order valence-corrected chi connectivity index (χ4v) is 4.27. The molecule has 1 fully saturated rings. The van der Waals surface area contributed by atoms with Crippen LogP contribution in [-0.2, 0) is 11.3 Å². The second-order valence-corrected chi connectivity index (χ2v) is 8.13. The van der Waals surface area contributed by atoms with Crippen LogP contribution in [0.2, 0.25) is 0 Å². The summed E-state index contributed by atoms with van der Waals surface area (Å²) in [7, 11) is 3.37. The number of methoxy groups -OCH3 is 1. The maximum Gasteiger partial charge on any atom is 0.253 e. The van der Waals surface area contributed by atoms with Crippen molar-refractivity contribution in [2.24, 2.45) is 0 Å². The average molecular weight is 448 g/mol. The molecule has 4 rings (SSSR count). The van der Waals surface area contributed by atoms with E-state index in [0.717, 1.165) is 25.1 Å². The largest absolute Gasteiger partial charge is 0.497 e. The van der Waals surface area contributed by atoms with Gasteiger partial charge in [0.1, 0.15) is 11.5 Å². The van der Waals surface area contributed by atoms with Crippen LogP contribution in [0.25, 0.3) is 0 Å². The van der Waals surface area contributed by atoms with Crippen LogP contribution < -0.4 is 15.0 Å². The summed E-state index contributed by atoms with van der Waals surface area (Å²) in [4.78, 5) is 29.8. The first-order chi connectivity index (χ1) is 16.1. The number of likely N-dealkylation sites (N-methyl/N-ethyl adjacent to an activating group) is 1. The highest BCUT2D eigenvalue weighted by Gasteiger charge is 2.29. The molecule has 3 aromatic rings. The molecule has 1 N–H and O–H groups in total. The topological polar surface area (TPSA) is 75.0 Å². The van der Waals surface area contributed by atoms with Crippen molar-refractivity contribution in [3.63, 3.8) is 0 Å². The number of hydrogen-bond donors (Lipinski definition) is 1. The number of hydrogen-bond acceptors (Lipinski definition) is 5. The van der Waals surface area contributed by atoms with Crippen LogP contribution in [0.4, 0.5) is 5.69 Å². The molecule has 1 saturated heterocycles. The number of likely N-dealkylation sites (tertiary alicyclic amines) is 1. The lowest BCUT2D eigenvalue weighted by molar-refractivity contribution is -0.119. The predicted octanol–water partition coefficient (Wildman–Crippen LogP) is 4.02. The Morgan fingerprint density at radius 3 is 2.64 bits per heavy atom. The first kappa shape index (κ1) is 22.6. The third-order valence-corrected chi connectivity index (χ3v) is 6.09. The van der Waals surface area contributed by atoms with Gasteiger partial charge in [-0.15, -0.1) is 0 Å². The van der Waals surface area contributed by atoms with Gasteiger partial charge in [0, 0.05) is 13.1 Å². The van der Waals surface area contributed by atoms with Crippen LogP contribution in [0.3, 0.4) is 0 Å². The molecular weight excluding hydrogens is 418 g/mol. The van der Waals surface area contributed by atoms with Gasteiger partial charge in [0.25, 0.3) is 5.91 Å². The van der Waals surface area contributed by atoms with Gasteiger partial charge in [-0.25, -0.2) is 0 Å². The normalized spacial score (nSPS) is 15.9. The van der Waals surface area contributed by atoms with Crippen molar-refractivity contribution >= 4 is 17.5 Å². The number of para-hydroxylation sites is 1. The molecule has 1 unspecified atom stereocenters. The number of benzene rings is 2. The SMILES string of the molecule is COc1ccc(C2CCCN2CC(=O)N(C)c2ccccc2C(=O)NCc2ccco2)cc1. The maximum absolute atomic E-state index is 13.2. The lowest BCUT2D eigenvalue weighted by Crippen LogP contribution is -2.39. The van der Waals surface area contributed by atoms with E-state index in [1.54, 1.807) is 55.7 Å².